The van der Waals surface area contributed by atoms with Gasteiger partial charge in [-0.15, -0.1) is 0 Å². The van der Waals surface area contributed by atoms with Crippen molar-refractivity contribution in [3.8, 4) is 0 Å². The van der Waals surface area contributed by atoms with Crippen LogP contribution in [0.15, 0.2) is 0 Å². The van der Waals surface area contributed by atoms with Crippen LogP contribution in [0.4, 0.5) is 4.79 Å². The Labute approximate surface area is 121 Å². The highest BCUT2D eigenvalue weighted by atomic mass is 16.4. The van der Waals surface area contributed by atoms with Crippen molar-refractivity contribution in [3.63, 3.8) is 0 Å². The third-order valence-corrected chi connectivity index (χ3v) is 3.53. The molecule has 1 unspecified atom stereocenters. The van der Waals surface area contributed by atoms with E-state index >= 15 is 0 Å². The third kappa shape index (κ3) is 4.37. The summed E-state index contributed by atoms with van der Waals surface area (Å²) in [6, 6.07) is 0.0143. The summed E-state index contributed by atoms with van der Waals surface area (Å²) in [7, 11) is 3.97. The van der Waals surface area contributed by atoms with E-state index in [0.29, 0.717) is 6.54 Å². The van der Waals surface area contributed by atoms with Gasteiger partial charge in [-0.3, -0.25) is 4.79 Å². The van der Waals surface area contributed by atoms with E-state index in [1.54, 1.807) is 0 Å². The van der Waals surface area contributed by atoms with Gasteiger partial charge in [0.05, 0.1) is 0 Å². The minimum atomic E-state index is -0.975. The molecule has 1 aliphatic rings. The van der Waals surface area contributed by atoms with Crippen LogP contribution in [0.25, 0.3) is 0 Å². The minimum Gasteiger partial charge on any atom is -0.480 e. The summed E-state index contributed by atoms with van der Waals surface area (Å²) in [5, 5.41) is 9.03. The van der Waals surface area contributed by atoms with Crippen molar-refractivity contribution in [2.45, 2.75) is 45.2 Å². The van der Waals surface area contributed by atoms with E-state index < -0.39 is 11.5 Å². The molecule has 1 aliphatic heterocycles. The maximum absolute atomic E-state index is 12.7. The first-order valence-corrected chi connectivity index (χ1v) is 7.07. The van der Waals surface area contributed by atoms with Crippen LogP contribution in [0.5, 0.6) is 0 Å². The van der Waals surface area contributed by atoms with Crippen LogP contribution >= 0.6 is 0 Å². The normalized spacial score (nSPS) is 19.5. The molecule has 116 valence electrons. The van der Waals surface area contributed by atoms with Crippen LogP contribution in [0.1, 0.15) is 33.6 Å². The summed E-state index contributed by atoms with van der Waals surface area (Å²) in [5.74, 6) is -0.975. The summed E-state index contributed by atoms with van der Waals surface area (Å²) in [5.41, 5.74) is -0.499. The lowest BCUT2D eigenvalue weighted by molar-refractivity contribution is -0.138. The van der Waals surface area contributed by atoms with Crippen molar-refractivity contribution < 1.29 is 14.7 Å². The summed E-state index contributed by atoms with van der Waals surface area (Å²) in [4.78, 5) is 29.0. The summed E-state index contributed by atoms with van der Waals surface area (Å²) < 4.78 is 0. The van der Waals surface area contributed by atoms with Gasteiger partial charge in [-0.2, -0.15) is 0 Å². The molecule has 1 saturated heterocycles. The molecule has 0 aromatic carbocycles. The van der Waals surface area contributed by atoms with Gasteiger partial charge >= 0.3 is 12.0 Å². The Morgan fingerprint density at radius 3 is 2.35 bits per heavy atom. The number of likely N-dealkylation sites (N-methyl/N-ethyl adjacent to an activating group) is 1. The van der Waals surface area contributed by atoms with Crippen molar-refractivity contribution in [2.75, 3.05) is 33.7 Å². The lowest BCUT2D eigenvalue weighted by Gasteiger charge is -2.39. The van der Waals surface area contributed by atoms with E-state index in [2.05, 4.69) is 4.90 Å². The second-order valence-electron chi connectivity index (χ2n) is 6.68. The average molecular weight is 285 g/mol. The molecule has 0 aromatic heterocycles. The van der Waals surface area contributed by atoms with Gasteiger partial charge in [0.15, 0.2) is 0 Å². The highest BCUT2D eigenvalue weighted by Gasteiger charge is 2.36. The van der Waals surface area contributed by atoms with Crippen LogP contribution < -0.4 is 0 Å². The number of carboxylic acids is 1. The molecule has 20 heavy (non-hydrogen) atoms. The molecule has 0 saturated carbocycles. The Kier molecular flexibility index (Phi) is 5.39. The number of amides is 2. The second-order valence-corrected chi connectivity index (χ2v) is 6.68. The molecule has 0 bridgehead atoms. The maximum Gasteiger partial charge on any atom is 0.323 e. The molecule has 1 atom stereocenters. The SMILES string of the molecule is CN(C)CC1CCCN1C(=O)N(CC(=O)O)C(C)(C)C. The zero-order chi connectivity index (χ0) is 15.5. The van der Waals surface area contributed by atoms with E-state index in [0.717, 1.165) is 19.4 Å². The average Bonchev–Trinajstić information content (AvgIpc) is 2.70. The number of carbonyl (C=O) groups is 2. The fraction of sp³-hybridized carbons (Fsp3) is 0.857. The molecule has 0 spiro atoms. The van der Waals surface area contributed by atoms with Crippen LogP contribution in [0.3, 0.4) is 0 Å². The summed E-state index contributed by atoms with van der Waals surface area (Å²) in [6.45, 7) is 6.87. The van der Waals surface area contributed by atoms with E-state index in [4.69, 9.17) is 5.11 Å². The van der Waals surface area contributed by atoms with Gasteiger partial charge < -0.3 is 19.8 Å². The molecule has 6 nitrogen and oxygen atoms in total. The van der Waals surface area contributed by atoms with E-state index in [1.165, 1.54) is 4.90 Å². The Morgan fingerprint density at radius 2 is 1.90 bits per heavy atom. The molecule has 1 heterocycles. The number of carboxylic acid groups (broad SMARTS) is 1. The van der Waals surface area contributed by atoms with Crippen molar-refractivity contribution >= 4 is 12.0 Å². The van der Waals surface area contributed by atoms with Gasteiger partial charge in [0.2, 0.25) is 0 Å². The van der Waals surface area contributed by atoms with E-state index in [-0.39, 0.29) is 18.6 Å². The molecular formula is C14H27N3O3. The smallest absolute Gasteiger partial charge is 0.323 e. The zero-order valence-electron chi connectivity index (χ0n) is 13.2. The van der Waals surface area contributed by atoms with Gasteiger partial charge in [0, 0.05) is 24.7 Å². The molecule has 0 radical (unpaired) electrons. The van der Waals surface area contributed by atoms with Crippen LogP contribution in [0.2, 0.25) is 0 Å². The lowest BCUT2D eigenvalue weighted by atomic mass is 10.1. The zero-order valence-corrected chi connectivity index (χ0v) is 13.2. The Hall–Kier alpha value is -1.30. The third-order valence-electron chi connectivity index (χ3n) is 3.53. The highest BCUT2D eigenvalue weighted by Crippen LogP contribution is 2.23. The molecule has 2 amide bonds. The van der Waals surface area contributed by atoms with Gasteiger partial charge in [0.1, 0.15) is 6.54 Å². The Morgan fingerprint density at radius 1 is 1.30 bits per heavy atom. The number of nitrogens with zero attached hydrogens (tertiary/aromatic N) is 3. The molecule has 1 N–H and O–H groups in total. The molecular weight excluding hydrogens is 258 g/mol. The largest absolute Gasteiger partial charge is 0.480 e. The number of hydrogen-bond donors (Lipinski definition) is 1. The molecule has 1 rings (SSSR count). The molecule has 6 heteroatoms. The van der Waals surface area contributed by atoms with Gasteiger partial charge in [-0.1, -0.05) is 0 Å². The van der Waals surface area contributed by atoms with E-state index in [1.807, 2.05) is 39.8 Å². The number of likely N-dealkylation sites (tertiary alicyclic amines) is 1. The molecule has 0 aliphatic carbocycles. The fourth-order valence-corrected chi connectivity index (χ4v) is 2.58. The quantitative estimate of drug-likeness (QED) is 0.846. The van der Waals surface area contributed by atoms with E-state index in [9.17, 15) is 9.59 Å². The number of carbonyl (C=O) groups excluding carboxylic acids is 1. The van der Waals surface area contributed by atoms with Crippen LogP contribution in [0, 0.1) is 0 Å². The number of aliphatic carboxylic acids is 1. The standard InChI is InChI=1S/C14H27N3O3/c1-14(2,3)17(10-12(18)19)13(20)16-8-6-7-11(16)9-15(4)5/h11H,6-10H2,1-5H3,(H,18,19). The van der Waals surface area contributed by atoms with Crippen molar-refractivity contribution in [3.05, 3.63) is 0 Å². The monoisotopic (exact) mass is 285 g/mol. The van der Waals surface area contributed by atoms with Gasteiger partial charge in [-0.05, 0) is 47.7 Å². The second kappa shape index (κ2) is 6.43. The van der Waals surface area contributed by atoms with Gasteiger partial charge in [0.25, 0.3) is 0 Å². The molecule has 0 aromatic rings. The predicted octanol–water partition coefficient (Wildman–Crippen LogP) is 1.32. The topological polar surface area (TPSA) is 64.1 Å². The van der Waals surface area contributed by atoms with Crippen molar-refractivity contribution in [1.82, 2.24) is 14.7 Å². The first-order valence-electron chi connectivity index (χ1n) is 7.07. The summed E-state index contributed by atoms with van der Waals surface area (Å²) >= 11 is 0. The fourth-order valence-electron chi connectivity index (χ4n) is 2.58. The lowest BCUT2D eigenvalue weighted by Crippen LogP contribution is -2.55. The van der Waals surface area contributed by atoms with Gasteiger partial charge in [-0.25, -0.2) is 4.79 Å². The Balaban J connectivity index is 2.85. The highest BCUT2D eigenvalue weighted by molar-refractivity contribution is 5.81. The minimum absolute atomic E-state index is 0.163. The van der Waals surface area contributed by atoms with Crippen LogP contribution in [-0.2, 0) is 4.79 Å². The first-order chi connectivity index (χ1) is 9.12. The predicted molar refractivity (Wildman–Crippen MR) is 77.8 cm³/mol. The van der Waals surface area contributed by atoms with Crippen molar-refractivity contribution in [2.24, 2.45) is 0 Å². The Bertz CT molecular complexity index is 363. The number of rotatable bonds is 4. The number of hydrogen-bond acceptors (Lipinski definition) is 3. The first kappa shape index (κ1) is 16.8. The number of urea groups is 1. The summed E-state index contributed by atoms with van der Waals surface area (Å²) in [6.07, 6.45) is 1.96. The van der Waals surface area contributed by atoms with Crippen molar-refractivity contribution in [1.29, 1.82) is 0 Å². The molecule has 1 fully saturated rings. The van der Waals surface area contributed by atoms with Crippen LogP contribution in [-0.4, -0.2) is 77.1 Å². The maximum atomic E-state index is 12.7.